The molecule has 0 bridgehead atoms. The molecular weight excluding hydrogens is 384 g/mol. The summed E-state index contributed by atoms with van der Waals surface area (Å²) in [5, 5.41) is 17.3. The first-order valence-electron chi connectivity index (χ1n) is 10.6. The zero-order valence-electron chi connectivity index (χ0n) is 19.2. The molecule has 162 valence electrons. The lowest BCUT2D eigenvalue weighted by molar-refractivity contribution is 0.102. The Labute approximate surface area is 185 Å². The van der Waals surface area contributed by atoms with E-state index in [1.165, 1.54) is 0 Å². The minimum Gasteiger partial charge on any atom is -0.507 e. The van der Waals surface area contributed by atoms with Gasteiger partial charge < -0.3 is 15.7 Å². The second kappa shape index (κ2) is 8.46. The van der Waals surface area contributed by atoms with Crippen LogP contribution in [0.3, 0.4) is 0 Å². The van der Waals surface area contributed by atoms with Gasteiger partial charge in [0, 0.05) is 22.5 Å². The summed E-state index contributed by atoms with van der Waals surface area (Å²) in [5.41, 5.74) is 3.96. The molecule has 0 atom stereocenters. The maximum absolute atomic E-state index is 13.2. The van der Waals surface area contributed by atoms with Crippen molar-refractivity contribution in [3.8, 4) is 5.75 Å². The van der Waals surface area contributed by atoms with E-state index in [2.05, 4.69) is 52.2 Å². The van der Waals surface area contributed by atoms with Crippen molar-refractivity contribution in [1.82, 2.24) is 0 Å². The molecule has 4 heteroatoms. The van der Waals surface area contributed by atoms with Crippen LogP contribution in [0.25, 0.3) is 0 Å². The van der Waals surface area contributed by atoms with Crippen molar-refractivity contribution < 1.29 is 9.90 Å². The van der Waals surface area contributed by atoms with Crippen LogP contribution in [-0.2, 0) is 10.8 Å². The first-order valence-corrected chi connectivity index (χ1v) is 10.6. The first-order chi connectivity index (χ1) is 14.5. The quantitative estimate of drug-likeness (QED) is 0.402. The van der Waals surface area contributed by atoms with Crippen LogP contribution in [0.5, 0.6) is 5.75 Å². The van der Waals surface area contributed by atoms with Gasteiger partial charge in [-0.25, -0.2) is 0 Å². The number of rotatable bonds is 4. The van der Waals surface area contributed by atoms with E-state index < -0.39 is 0 Å². The van der Waals surface area contributed by atoms with Gasteiger partial charge in [-0.15, -0.1) is 0 Å². The van der Waals surface area contributed by atoms with Gasteiger partial charge in [-0.2, -0.15) is 0 Å². The van der Waals surface area contributed by atoms with Crippen LogP contribution < -0.4 is 10.6 Å². The minimum absolute atomic E-state index is 0.204. The number of anilines is 3. The first kappa shape index (κ1) is 22.4. The zero-order chi connectivity index (χ0) is 22.8. The molecule has 0 radical (unpaired) electrons. The SMILES string of the molecule is CC(C)(C)c1cc(NC(=O)c2ccccc2Nc2ccccc2)cc(C(C)(C)C)c1O. The fourth-order valence-corrected chi connectivity index (χ4v) is 3.52. The predicted octanol–water partition coefficient (Wildman–Crippen LogP) is 6.98. The Hall–Kier alpha value is -3.27. The minimum atomic E-state index is -0.266. The Morgan fingerprint density at radius 1 is 0.742 bits per heavy atom. The fourth-order valence-electron chi connectivity index (χ4n) is 3.52. The monoisotopic (exact) mass is 416 g/mol. The van der Waals surface area contributed by atoms with Gasteiger partial charge in [-0.05, 0) is 47.2 Å². The molecule has 1 amide bonds. The smallest absolute Gasteiger partial charge is 0.257 e. The van der Waals surface area contributed by atoms with E-state index in [1.54, 1.807) is 6.07 Å². The molecule has 31 heavy (non-hydrogen) atoms. The van der Waals surface area contributed by atoms with Gasteiger partial charge in [0.15, 0.2) is 0 Å². The number of aromatic hydroxyl groups is 1. The topological polar surface area (TPSA) is 61.4 Å². The van der Waals surface area contributed by atoms with Gasteiger partial charge in [-0.3, -0.25) is 4.79 Å². The number of hydrogen-bond donors (Lipinski definition) is 3. The Morgan fingerprint density at radius 3 is 1.81 bits per heavy atom. The highest BCUT2D eigenvalue weighted by Gasteiger charge is 2.27. The van der Waals surface area contributed by atoms with Crippen LogP contribution in [0.1, 0.15) is 63.0 Å². The molecular formula is C27H32N2O2. The number of carbonyl (C=O) groups is 1. The summed E-state index contributed by atoms with van der Waals surface area (Å²) >= 11 is 0. The normalized spacial score (nSPS) is 11.8. The molecule has 0 aliphatic carbocycles. The van der Waals surface area contributed by atoms with Crippen LogP contribution in [0.4, 0.5) is 17.1 Å². The summed E-state index contributed by atoms with van der Waals surface area (Å²) in [7, 11) is 0. The van der Waals surface area contributed by atoms with E-state index in [0.29, 0.717) is 17.0 Å². The third kappa shape index (κ3) is 5.26. The van der Waals surface area contributed by atoms with Crippen molar-refractivity contribution in [1.29, 1.82) is 0 Å². The van der Waals surface area contributed by atoms with Crippen LogP contribution in [-0.4, -0.2) is 11.0 Å². The van der Waals surface area contributed by atoms with Crippen LogP contribution in [0, 0.1) is 0 Å². The van der Waals surface area contributed by atoms with Crippen molar-refractivity contribution in [3.05, 3.63) is 83.4 Å². The molecule has 0 heterocycles. The standard InChI is InChI=1S/C27H32N2O2/c1-26(2,3)21-16-19(17-22(24(21)30)27(4,5)6)29-25(31)20-14-10-11-15-23(20)28-18-12-8-7-9-13-18/h7-17,28,30H,1-6H3,(H,29,31). The van der Waals surface area contributed by atoms with E-state index in [4.69, 9.17) is 0 Å². The molecule has 3 rings (SSSR count). The van der Waals surface area contributed by atoms with Gasteiger partial charge in [0.05, 0.1) is 11.3 Å². The van der Waals surface area contributed by atoms with Gasteiger partial charge in [0.25, 0.3) is 5.91 Å². The number of hydrogen-bond acceptors (Lipinski definition) is 3. The van der Waals surface area contributed by atoms with Gasteiger partial charge in [-0.1, -0.05) is 71.9 Å². The highest BCUT2D eigenvalue weighted by Crippen LogP contribution is 2.41. The largest absolute Gasteiger partial charge is 0.507 e. The molecule has 3 aromatic rings. The van der Waals surface area contributed by atoms with E-state index in [0.717, 1.165) is 22.5 Å². The zero-order valence-corrected chi connectivity index (χ0v) is 19.2. The van der Waals surface area contributed by atoms with Crippen LogP contribution in [0.15, 0.2) is 66.7 Å². The molecule has 0 aliphatic rings. The number of amides is 1. The van der Waals surface area contributed by atoms with Crippen molar-refractivity contribution >= 4 is 23.0 Å². The molecule has 0 saturated heterocycles. The summed E-state index contributed by atoms with van der Waals surface area (Å²) in [6, 6.07) is 20.9. The summed E-state index contributed by atoms with van der Waals surface area (Å²) in [5.74, 6) is 0.0913. The van der Waals surface area contributed by atoms with E-state index in [9.17, 15) is 9.90 Å². The molecule has 3 N–H and O–H groups in total. The second-order valence-corrected chi connectivity index (χ2v) is 9.91. The van der Waals surface area contributed by atoms with E-state index in [-0.39, 0.29) is 16.7 Å². The molecule has 0 aliphatic heterocycles. The van der Waals surface area contributed by atoms with Gasteiger partial charge >= 0.3 is 0 Å². The fraction of sp³-hybridized carbons (Fsp3) is 0.296. The molecule has 0 aromatic heterocycles. The number of nitrogens with one attached hydrogen (secondary N) is 2. The lowest BCUT2D eigenvalue weighted by atomic mass is 9.79. The van der Waals surface area contributed by atoms with Crippen molar-refractivity contribution in [3.63, 3.8) is 0 Å². The molecule has 0 fully saturated rings. The number of para-hydroxylation sites is 2. The van der Waals surface area contributed by atoms with Gasteiger partial charge in [0.2, 0.25) is 0 Å². The lowest BCUT2D eigenvalue weighted by Crippen LogP contribution is -2.20. The van der Waals surface area contributed by atoms with Crippen LogP contribution in [0.2, 0.25) is 0 Å². The maximum Gasteiger partial charge on any atom is 0.257 e. The Bertz CT molecular complexity index is 1040. The average molecular weight is 417 g/mol. The second-order valence-electron chi connectivity index (χ2n) is 9.91. The Morgan fingerprint density at radius 2 is 1.26 bits per heavy atom. The molecule has 0 unspecified atom stereocenters. The molecule has 3 aromatic carbocycles. The summed E-state index contributed by atoms with van der Waals surface area (Å²) in [6.07, 6.45) is 0. The van der Waals surface area contributed by atoms with Crippen molar-refractivity contribution in [2.75, 3.05) is 10.6 Å². The van der Waals surface area contributed by atoms with Crippen LogP contribution >= 0.6 is 0 Å². The number of phenolic OH excluding ortho intramolecular Hbond substituents is 1. The highest BCUT2D eigenvalue weighted by atomic mass is 16.3. The third-order valence-electron chi connectivity index (χ3n) is 5.21. The number of phenols is 1. The summed E-state index contributed by atoms with van der Waals surface area (Å²) < 4.78 is 0. The Kier molecular flexibility index (Phi) is 6.12. The average Bonchev–Trinajstić information content (AvgIpc) is 2.68. The molecule has 0 spiro atoms. The lowest BCUT2D eigenvalue weighted by Gasteiger charge is -2.28. The van der Waals surface area contributed by atoms with E-state index >= 15 is 0 Å². The van der Waals surface area contributed by atoms with Gasteiger partial charge in [0.1, 0.15) is 5.75 Å². The maximum atomic E-state index is 13.2. The van der Waals surface area contributed by atoms with E-state index in [1.807, 2.05) is 60.7 Å². The summed E-state index contributed by atoms with van der Waals surface area (Å²) in [4.78, 5) is 13.2. The van der Waals surface area contributed by atoms with Crippen molar-refractivity contribution in [2.45, 2.75) is 52.4 Å². The Balaban J connectivity index is 1.98. The molecule has 0 saturated carbocycles. The number of carbonyl (C=O) groups excluding carboxylic acids is 1. The number of benzene rings is 3. The summed E-state index contributed by atoms with van der Waals surface area (Å²) in [6.45, 7) is 12.3. The third-order valence-corrected chi connectivity index (χ3v) is 5.21. The molecule has 4 nitrogen and oxygen atoms in total. The predicted molar refractivity (Wildman–Crippen MR) is 130 cm³/mol. The van der Waals surface area contributed by atoms with Crippen molar-refractivity contribution in [2.24, 2.45) is 0 Å². The highest BCUT2D eigenvalue weighted by molar-refractivity contribution is 6.08.